The number of rotatable bonds is 6. The lowest BCUT2D eigenvalue weighted by Gasteiger charge is -2.22. The topological polar surface area (TPSA) is 41.5 Å². The van der Waals surface area contributed by atoms with Crippen LogP contribution in [-0.4, -0.2) is 18.3 Å². The molecule has 112 valence electrons. The van der Waals surface area contributed by atoms with Gasteiger partial charge in [-0.25, -0.2) is 0 Å². The van der Waals surface area contributed by atoms with Crippen LogP contribution < -0.4 is 10.1 Å². The summed E-state index contributed by atoms with van der Waals surface area (Å²) in [6.45, 7) is 4.21. The molecule has 2 atom stereocenters. The van der Waals surface area contributed by atoms with Gasteiger partial charge >= 0.3 is 0 Å². The Kier molecular flexibility index (Phi) is 5.23. The Hall–Kier alpha value is -2.00. The van der Waals surface area contributed by atoms with Crippen LogP contribution in [0.4, 0.5) is 0 Å². The fourth-order valence-electron chi connectivity index (χ4n) is 2.63. The summed E-state index contributed by atoms with van der Waals surface area (Å²) in [5, 5.41) is 13.4. The molecule has 3 heteroatoms. The Morgan fingerprint density at radius 2 is 1.71 bits per heavy atom. The first-order valence-electron chi connectivity index (χ1n) is 7.27. The number of ether oxygens (including phenoxy) is 1. The molecule has 0 heterocycles. The van der Waals surface area contributed by atoms with Gasteiger partial charge in [-0.15, -0.1) is 0 Å². The van der Waals surface area contributed by atoms with Crippen molar-refractivity contribution in [1.82, 2.24) is 5.32 Å². The summed E-state index contributed by atoms with van der Waals surface area (Å²) in [4.78, 5) is 0. The highest BCUT2D eigenvalue weighted by atomic mass is 16.5. The number of phenolic OH excluding ortho intramolecular Hbond substituents is 1. The van der Waals surface area contributed by atoms with Gasteiger partial charge in [0, 0.05) is 17.6 Å². The van der Waals surface area contributed by atoms with Crippen molar-refractivity contribution < 1.29 is 9.84 Å². The van der Waals surface area contributed by atoms with Crippen molar-refractivity contribution >= 4 is 0 Å². The molecule has 3 nitrogen and oxygen atoms in total. The smallest absolute Gasteiger partial charge is 0.122 e. The molecule has 0 aliphatic rings. The molecule has 0 aliphatic carbocycles. The highest BCUT2D eigenvalue weighted by Gasteiger charge is 2.14. The van der Waals surface area contributed by atoms with E-state index in [0.717, 1.165) is 17.7 Å². The Balaban J connectivity index is 2.01. The number of phenols is 1. The van der Waals surface area contributed by atoms with Gasteiger partial charge < -0.3 is 15.2 Å². The fourth-order valence-corrected chi connectivity index (χ4v) is 2.63. The molecule has 0 radical (unpaired) electrons. The lowest BCUT2D eigenvalue weighted by Crippen LogP contribution is -2.30. The van der Waals surface area contributed by atoms with Crippen molar-refractivity contribution in [2.24, 2.45) is 0 Å². The Morgan fingerprint density at radius 3 is 2.43 bits per heavy atom. The first-order chi connectivity index (χ1) is 10.1. The third-order valence-corrected chi connectivity index (χ3v) is 3.66. The summed E-state index contributed by atoms with van der Waals surface area (Å²) < 4.78 is 5.39. The summed E-state index contributed by atoms with van der Waals surface area (Å²) in [5.41, 5.74) is 2.11. The van der Waals surface area contributed by atoms with E-state index in [2.05, 4.69) is 25.2 Å². The maximum atomic E-state index is 9.91. The van der Waals surface area contributed by atoms with Crippen molar-refractivity contribution in [2.75, 3.05) is 7.11 Å². The molecule has 0 aliphatic heterocycles. The van der Waals surface area contributed by atoms with E-state index in [4.69, 9.17) is 4.74 Å². The number of hydrogen-bond donors (Lipinski definition) is 2. The maximum Gasteiger partial charge on any atom is 0.122 e. The zero-order valence-electron chi connectivity index (χ0n) is 12.8. The molecule has 0 spiro atoms. The molecule has 0 aromatic heterocycles. The van der Waals surface area contributed by atoms with E-state index in [1.807, 2.05) is 36.4 Å². The zero-order chi connectivity index (χ0) is 15.2. The van der Waals surface area contributed by atoms with Gasteiger partial charge in [-0.05, 0) is 38.0 Å². The standard InChI is InChI=1S/C18H23NO2/c1-13(12-15-8-4-7-11-18(15)21-3)19-14(2)16-9-5-6-10-17(16)20/h4-11,13-14,19-20H,12H2,1-3H3. The average molecular weight is 285 g/mol. The molecular formula is C18H23NO2. The van der Waals surface area contributed by atoms with Gasteiger partial charge in [-0.3, -0.25) is 0 Å². The SMILES string of the molecule is COc1ccccc1CC(C)NC(C)c1ccccc1O. The van der Waals surface area contributed by atoms with Crippen LogP contribution in [0.15, 0.2) is 48.5 Å². The molecule has 2 rings (SSSR count). The third kappa shape index (κ3) is 3.99. The Labute approximate surface area is 126 Å². The predicted molar refractivity (Wildman–Crippen MR) is 85.8 cm³/mol. The van der Waals surface area contributed by atoms with Crippen molar-refractivity contribution in [3.8, 4) is 11.5 Å². The van der Waals surface area contributed by atoms with Crippen LogP contribution in [0.3, 0.4) is 0 Å². The lowest BCUT2D eigenvalue weighted by molar-refractivity contribution is 0.401. The monoisotopic (exact) mass is 285 g/mol. The molecule has 21 heavy (non-hydrogen) atoms. The number of hydrogen-bond acceptors (Lipinski definition) is 3. The summed E-state index contributed by atoms with van der Waals surface area (Å²) in [6.07, 6.45) is 0.877. The minimum Gasteiger partial charge on any atom is -0.508 e. The molecule has 0 saturated heterocycles. The van der Waals surface area contributed by atoms with Gasteiger partial charge in [0.1, 0.15) is 11.5 Å². The van der Waals surface area contributed by atoms with Crippen LogP contribution in [0.25, 0.3) is 0 Å². The molecular weight excluding hydrogens is 262 g/mol. The maximum absolute atomic E-state index is 9.91. The quantitative estimate of drug-likeness (QED) is 0.850. The second kappa shape index (κ2) is 7.14. The number of aromatic hydroxyl groups is 1. The number of para-hydroxylation sites is 2. The normalized spacial score (nSPS) is 13.7. The summed E-state index contributed by atoms with van der Waals surface area (Å²) in [7, 11) is 1.70. The predicted octanol–water partition coefficient (Wildman–Crippen LogP) is 3.68. The van der Waals surface area contributed by atoms with Crippen LogP contribution >= 0.6 is 0 Å². The first-order valence-corrected chi connectivity index (χ1v) is 7.27. The highest BCUT2D eigenvalue weighted by Crippen LogP contribution is 2.24. The van der Waals surface area contributed by atoms with E-state index in [-0.39, 0.29) is 12.1 Å². The Bertz CT molecular complexity index is 583. The van der Waals surface area contributed by atoms with Crippen molar-refractivity contribution in [3.05, 3.63) is 59.7 Å². The second-order valence-electron chi connectivity index (χ2n) is 5.36. The molecule has 0 saturated carbocycles. The van der Waals surface area contributed by atoms with Gasteiger partial charge in [-0.1, -0.05) is 36.4 Å². The average Bonchev–Trinajstić information content (AvgIpc) is 2.48. The molecule has 2 N–H and O–H groups in total. The number of nitrogens with one attached hydrogen (secondary N) is 1. The summed E-state index contributed by atoms with van der Waals surface area (Å²) in [5.74, 6) is 1.25. The van der Waals surface area contributed by atoms with Crippen LogP contribution in [0, 0.1) is 0 Å². The van der Waals surface area contributed by atoms with Gasteiger partial charge in [0.05, 0.1) is 7.11 Å². The van der Waals surface area contributed by atoms with E-state index >= 15 is 0 Å². The van der Waals surface area contributed by atoms with Crippen molar-refractivity contribution in [1.29, 1.82) is 0 Å². The number of benzene rings is 2. The van der Waals surface area contributed by atoms with E-state index < -0.39 is 0 Å². The first kappa shape index (κ1) is 15.4. The van der Waals surface area contributed by atoms with Crippen molar-refractivity contribution in [2.45, 2.75) is 32.4 Å². The van der Waals surface area contributed by atoms with Crippen LogP contribution in [0.2, 0.25) is 0 Å². The third-order valence-electron chi connectivity index (χ3n) is 3.66. The lowest BCUT2D eigenvalue weighted by atomic mass is 10.0. The van der Waals surface area contributed by atoms with E-state index in [1.54, 1.807) is 13.2 Å². The van der Waals surface area contributed by atoms with Crippen LogP contribution in [-0.2, 0) is 6.42 Å². The summed E-state index contributed by atoms with van der Waals surface area (Å²) in [6, 6.07) is 15.9. The minimum absolute atomic E-state index is 0.0934. The molecule has 0 fully saturated rings. The van der Waals surface area contributed by atoms with E-state index in [9.17, 15) is 5.11 Å². The largest absolute Gasteiger partial charge is 0.508 e. The van der Waals surface area contributed by atoms with Crippen LogP contribution in [0.5, 0.6) is 11.5 Å². The zero-order valence-corrected chi connectivity index (χ0v) is 12.8. The number of methoxy groups -OCH3 is 1. The molecule has 2 aromatic rings. The van der Waals surface area contributed by atoms with Gasteiger partial charge in [0.25, 0.3) is 0 Å². The summed E-state index contributed by atoms with van der Waals surface area (Å²) >= 11 is 0. The van der Waals surface area contributed by atoms with Gasteiger partial charge in [0.2, 0.25) is 0 Å². The van der Waals surface area contributed by atoms with Gasteiger partial charge in [-0.2, -0.15) is 0 Å². The van der Waals surface area contributed by atoms with E-state index in [1.165, 1.54) is 5.56 Å². The molecule has 2 unspecified atom stereocenters. The second-order valence-corrected chi connectivity index (χ2v) is 5.36. The van der Waals surface area contributed by atoms with Gasteiger partial charge in [0.15, 0.2) is 0 Å². The Morgan fingerprint density at radius 1 is 1.05 bits per heavy atom. The fraction of sp³-hybridized carbons (Fsp3) is 0.333. The molecule has 0 amide bonds. The highest BCUT2D eigenvalue weighted by molar-refractivity contribution is 5.35. The van der Waals surface area contributed by atoms with E-state index in [0.29, 0.717) is 5.75 Å². The molecule has 2 aromatic carbocycles. The molecule has 0 bridgehead atoms. The van der Waals surface area contributed by atoms with Crippen LogP contribution in [0.1, 0.15) is 31.0 Å². The minimum atomic E-state index is 0.0934. The van der Waals surface area contributed by atoms with Crippen molar-refractivity contribution in [3.63, 3.8) is 0 Å².